The molecular formula is C19H21N5O3S. The van der Waals surface area contributed by atoms with Crippen LogP contribution in [0.15, 0.2) is 12.4 Å². The fourth-order valence-electron chi connectivity index (χ4n) is 3.40. The average molecular weight is 399 g/mol. The van der Waals surface area contributed by atoms with Crippen molar-refractivity contribution in [3.63, 3.8) is 0 Å². The number of nitrogens with zero attached hydrogens (tertiary/aromatic N) is 4. The summed E-state index contributed by atoms with van der Waals surface area (Å²) in [6.45, 7) is 5.42. The maximum Gasteiger partial charge on any atom is 0.341 e. The zero-order valence-corrected chi connectivity index (χ0v) is 16.8. The molecule has 8 nitrogen and oxygen atoms in total. The van der Waals surface area contributed by atoms with Crippen molar-refractivity contribution in [1.29, 1.82) is 0 Å². The summed E-state index contributed by atoms with van der Waals surface area (Å²) in [6, 6.07) is 1.65. The van der Waals surface area contributed by atoms with E-state index < -0.39 is 0 Å². The number of thiophene rings is 1. The van der Waals surface area contributed by atoms with Gasteiger partial charge in [0.25, 0.3) is 11.7 Å². The molecule has 3 aromatic heterocycles. The monoisotopic (exact) mass is 399 g/mol. The summed E-state index contributed by atoms with van der Waals surface area (Å²) in [7, 11) is 0. The first-order chi connectivity index (χ1) is 13.4. The third-order valence-corrected chi connectivity index (χ3v) is 5.77. The third kappa shape index (κ3) is 3.37. The minimum Gasteiger partial charge on any atom is -0.459 e. The molecule has 0 atom stereocenters. The lowest BCUT2D eigenvalue weighted by Crippen LogP contribution is -2.20. The molecule has 0 aliphatic heterocycles. The van der Waals surface area contributed by atoms with E-state index in [1.54, 1.807) is 13.0 Å². The minimum atomic E-state index is -0.387. The number of ether oxygens (including phenoxy) is 1. The van der Waals surface area contributed by atoms with Gasteiger partial charge in [-0.3, -0.25) is 4.79 Å². The van der Waals surface area contributed by atoms with Crippen molar-refractivity contribution in [2.45, 2.75) is 52.6 Å². The Labute approximate surface area is 166 Å². The smallest absolute Gasteiger partial charge is 0.341 e. The second-order valence-electron chi connectivity index (χ2n) is 7.08. The molecule has 4 rings (SSSR count). The van der Waals surface area contributed by atoms with Crippen molar-refractivity contribution in [2.24, 2.45) is 0 Å². The summed E-state index contributed by atoms with van der Waals surface area (Å²) >= 11 is 1.46. The van der Waals surface area contributed by atoms with E-state index in [1.165, 1.54) is 22.2 Å². The molecule has 0 saturated carbocycles. The third-order valence-electron chi connectivity index (χ3n) is 4.56. The van der Waals surface area contributed by atoms with Gasteiger partial charge in [0, 0.05) is 10.6 Å². The van der Waals surface area contributed by atoms with Crippen LogP contribution in [0.4, 0.5) is 5.00 Å². The van der Waals surface area contributed by atoms with Crippen LogP contribution in [0.3, 0.4) is 0 Å². The van der Waals surface area contributed by atoms with Crippen LogP contribution in [0.25, 0.3) is 5.78 Å². The number of rotatable bonds is 4. The topological polar surface area (TPSA) is 98.5 Å². The van der Waals surface area contributed by atoms with Gasteiger partial charge in [0.15, 0.2) is 0 Å². The van der Waals surface area contributed by atoms with Crippen molar-refractivity contribution in [2.75, 3.05) is 5.32 Å². The van der Waals surface area contributed by atoms with Crippen LogP contribution in [-0.2, 0) is 17.6 Å². The largest absolute Gasteiger partial charge is 0.459 e. The van der Waals surface area contributed by atoms with Crippen molar-refractivity contribution in [3.8, 4) is 0 Å². The Balaban J connectivity index is 1.72. The summed E-state index contributed by atoms with van der Waals surface area (Å²) in [5.41, 5.74) is 2.47. The second kappa shape index (κ2) is 7.31. The van der Waals surface area contributed by atoms with Gasteiger partial charge in [0.2, 0.25) is 0 Å². The van der Waals surface area contributed by atoms with Gasteiger partial charge < -0.3 is 10.1 Å². The zero-order valence-electron chi connectivity index (χ0n) is 16.0. The number of aromatic nitrogens is 4. The molecule has 146 valence electrons. The number of hydrogen-bond donors (Lipinski definition) is 1. The molecule has 1 aliphatic carbocycles. The molecule has 0 fully saturated rings. The van der Waals surface area contributed by atoms with Crippen LogP contribution in [0.1, 0.15) is 63.7 Å². The predicted octanol–water partition coefficient (Wildman–Crippen LogP) is 3.19. The molecule has 0 radical (unpaired) electrons. The van der Waals surface area contributed by atoms with Gasteiger partial charge in [-0.15, -0.1) is 11.3 Å². The maximum absolute atomic E-state index is 13.0. The normalized spacial score (nSPS) is 13.6. The lowest BCUT2D eigenvalue weighted by atomic mass is 9.95. The highest BCUT2D eigenvalue weighted by Gasteiger charge is 2.28. The lowest BCUT2D eigenvalue weighted by Gasteiger charge is -2.14. The van der Waals surface area contributed by atoms with E-state index in [1.807, 2.05) is 13.8 Å². The Morgan fingerprint density at radius 2 is 2.07 bits per heavy atom. The number of fused-ring (bicyclic) bond motifs is 2. The van der Waals surface area contributed by atoms with E-state index >= 15 is 0 Å². The van der Waals surface area contributed by atoms with E-state index in [-0.39, 0.29) is 18.0 Å². The van der Waals surface area contributed by atoms with Crippen molar-refractivity contribution in [3.05, 3.63) is 39.8 Å². The van der Waals surface area contributed by atoms with Gasteiger partial charge in [0.05, 0.1) is 11.7 Å². The van der Waals surface area contributed by atoms with Crippen LogP contribution in [-0.4, -0.2) is 37.6 Å². The number of carbonyl (C=O) groups is 2. The summed E-state index contributed by atoms with van der Waals surface area (Å²) in [5, 5.41) is 7.52. The van der Waals surface area contributed by atoms with Crippen LogP contribution in [0.2, 0.25) is 0 Å². The first-order valence-electron chi connectivity index (χ1n) is 9.28. The van der Waals surface area contributed by atoms with Crippen molar-refractivity contribution < 1.29 is 14.3 Å². The fraction of sp³-hybridized carbons (Fsp3) is 0.421. The van der Waals surface area contributed by atoms with Gasteiger partial charge in [-0.05, 0) is 58.1 Å². The molecule has 1 N–H and O–H groups in total. The first kappa shape index (κ1) is 18.5. The van der Waals surface area contributed by atoms with E-state index in [0.717, 1.165) is 36.1 Å². The molecular weight excluding hydrogens is 378 g/mol. The average Bonchev–Trinajstić information content (AvgIpc) is 3.23. The number of nitrogens with one attached hydrogen (secondary N) is 1. The first-order valence-corrected chi connectivity index (χ1v) is 10.1. The summed E-state index contributed by atoms with van der Waals surface area (Å²) < 4.78 is 6.84. The number of carbonyl (C=O) groups excluding carboxylic acids is 2. The van der Waals surface area contributed by atoms with Gasteiger partial charge in [-0.25, -0.2) is 9.78 Å². The van der Waals surface area contributed by atoms with E-state index in [4.69, 9.17) is 4.74 Å². The second-order valence-corrected chi connectivity index (χ2v) is 8.18. The molecule has 0 bridgehead atoms. The molecule has 0 unspecified atom stereocenters. The van der Waals surface area contributed by atoms with Gasteiger partial charge >= 0.3 is 5.97 Å². The van der Waals surface area contributed by atoms with Crippen LogP contribution >= 0.6 is 11.3 Å². The molecule has 0 spiro atoms. The number of aryl methyl sites for hydroxylation is 2. The van der Waals surface area contributed by atoms with Gasteiger partial charge in [0.1, 0.15) is 17.0 Å². The molecule has 3 heterocycles. The highest BCUT2D eigenvalue weighted by molar-refractivity contribution is 7.17. The molecule has 28 heavy (non-hydrogen) atoms. The zero-order chi connectivity index (χ0) is 19.8. The molecule has 3 aromatic rings. The Morgan fingerprint density at radius 1 is 1.29 bits per heavy atom. The molecule has 0 saturated heterocycles. The standard InChI is InChI=1S/C19H21N5O3S/c1-10(2)27-18(26)15-12-6-4-5-7-14(12)28-17(15)23-16(25)13-8-11(3)22-19-20-9-21-24(13)19/h8-10H,4-7H2,1-3H3,(H,23,25). The lowest BCUT2D eigenvalue weighted by molar-refractivity contribution is 0.0378. The van der Waals surface area contributed by atoms with E-state index in [2.05, 4.69) is 20.4 Å². The number of esters is 1. The molecule has 9 heteroatoms. The van der Waals surface area contributed by atoms with Crippen LogP contribution in [0.5, 0.6) is 0 Å². The summed E-state index contributed by atoms with van der Waals surface area (Å²) in [5.74, 6) is -0.394. The SMILES string of the molecule is Cc1cc(C(=O)Nc2sc3c(c2C(=O)OC(C)C)CCCC3)n2ncnc2n1. The number of hydrogen-bond acceptors (Lipinski definition) is 7. The predicted molar refractivity (Wildman–Crippen MR) is 105 cm³/mol. The van der Waals surface area contributed by atoms with E-state index in [0.29, 0.717) is 27.7 Å². The number of amides is 1. The molecule has 0 aromatic carbocycles. The van der Waals surface area contributed by atoms with Crippen LogP contribution < -0.4 is 5.32 Å². The summed E-state index contributed by atoms with van der Waals surface area (Å²) in [6.07, 6.45) is 4.98. The summed E-state index contributed by atoms with van der Waals surface area (Å²) in [4.78, 5) is 35.2. The maximum atomic E-state index is 13.0. The Bertz CT molecular complexity index is 1070. The highest BCUT2D eigenvalue weighted by Crippen LogP contribution is 2.39. The Kier molecular flexibility index (Phi) is 4.84. The van der Waals surface area contributed by atoms with E-state index in [9.17, 15) is 9.59 Å². The molecule has 1 amide bonds. The minimum absolute atomic E-state index is 0.229. The number of anilines is 1. The van der Waals surface area contributed by atoms with Crippen LogP contribution in [0, 0.1) is 6.92 Å². The van der Waals surface area contributed by atoms with Crippen molar-refractivity contribution in [1.82, 2.24) is 19.6 Å². The molecule has 1 aliphatic rings. The fourth-order valence-corrected chi connectivity index (χ4v) is 4.67. The van der Waals surface area contributed by atoms with Gasteiger partial charge in [-0.2, -0.15) is 14.6 Å². The van der Waals surface area contributed by atoms with Crippen molar-refractivity contribution >= 4 is 34.0 Å². The van der Waals surface area contributed by atoms with Gasteiger partial charge in [-0.1, -0.05) is 0 Å². The Hall–Kier alpha value is -2.81. The Morgan fingerprint density at radius 3 is 2.86 bits per heavy atom. The highest BCUT2D eigenvalue weighted by atomic mass is 32.1. The quantitative estimate of drug-likeness (QED) is 0.677.